The van der Waals surface area contributed by atoms with E-state index in [2.05, 4.69) is 142 Å². The highest BCUT2D eigenvalue weighted by molar-refractivity contribution is 5.87. The van der Waals surface area contributed by atoms with E-state index in [0.717, 1.165) is 12.8 Å². The predicted molar refractivity (Wildman–Crippen MR) is 159 cm³/mol. The number of hydrogen-bond acceptors (Lipinski definition) is 0. The average Bonchev–Trinajstić information content (AvgIpc) is 3.75. The van der Waals surface area contributed by atoms with E-state index in [0.29, 0.717) is 0 Å². The first-order chi connectivity index (χ1) is 18.8. The summed E-state index contributed by atoms with van der Waals surface area (Å²) >= 11 is 0. The minimum atomic E-state index is 0.929. The van der Waals surface area contributed by atoms with E-state index in [1.165, 1.54) is 66.0 Å². The Morgan fingerprint density at radius 1 is 0.421 bits per heavy atom. The molecule has 184 valence electrons. The molecule has 0 fully saturated rings. The van der Waals surface area contributed by atoms with Crippen LogP contribution in [0.3, 0.4) is 0 Å². The zero-order valence-electron chi connectivity index (χ0n) is 21.0. The van der Waals surface area contributed by atoms with Gasteiger partial charge in [-0.1, -0.05) is 72.8 Å². The van der Waals surface area contributed by atoms with Crippen LogP contribution in [0.1, 0.15) is 22.4 Å². The standard InChI is InChI=1S/2C17H14N2/c1-3-7-16-14(5-1)12(10-18-16)9-13-11-19-17-8-4-2-6-15(13)17;1-3-7-16-12(5-1)9-14(19-16)10-13-11-18-17-8-4-2-6-15(13)17/h1-8,10-11,18-19H,9H2;1-9,11,18-19H,10H2. The Balaban J connectivity index is 0.000000127. The van der Waals surface area contributed by atoms with Gasteiger partial charge in [-0.3, -0.25) is 0 Å². The SMILES string of the molecule is c1ccc2[nH]c(Cc3c[nH]c4ccccc34)cc2c1.c1ccc2c(Cc3c[nH]c4ccccc34)c[nH]c2c1. The van der Waals surface area contributed by atoms with Crippen LogP contribution in [-0.4, -0.2) is 19.9 Å². The molecule has 0 aliphatic heterocycles. The van der Waals surface area contributed by atoms with Crippen LogP contribution in [0, 0.1) is 0 Å². The van der Waals surface area contributed by atoms with Crippen LogP contribution in [-0.2, 0) is 12.8 Å². The van der Waals surface area contributed by atoms with Gasteiger partial charge in [0.1, 0.15) is 0 Å². The smallest absolute Gasteiger partial charge is 0.0456 e. The highest BCUT2D eigenvalue weighted by Gasteiger charge is 2.08. The van der Waals surface area contributed by atoms with Gasteiger partial charge in [-0.05, 0) is 52.4 Å². The van der Waals surface area contributed by atoms with Gasteiger partial charge < -0.3 is 19.9 Å². The van der Waals surface area contributed by atoms with Gasteiger partial charge in [0.2, 0.25) is 0 Å². The van der Waals surface area contributed by atoms with Crippen LogP contribution < -0.4 is 0 Å². The van der Waals surface area contributed by atoms with Gasteiger partial charge in [-0.2, -0.15) is 0 Å². The van der Waals surface area contributed by atoms with Crippen molar-refractivity contribution in [3.63, 3.8) is 0 Å². The van der Waals surface area contributed by atoms with E-state index in [9.17, 15) is 0 Å². The second-order valence-corrected chi connectivity index (χ2v) is 9.81. The summed E-state index contributed by atoms with van der Waals surface area (Å²) in [5.41, 5.74) is 10.1. The number of aromatic nitrogens is 4. The molecule has 4 aromatic carbocycles. The number of nitrogens with one attached hydrogen (secondary N) is 4. The van der Waals surface area contributed by atoms with E-state index in [4.69, 9.17) is 0 Å². The van der Waals surface area contributed by atoms with Crippen LogP contribution in [0.4, 0.5) is 0 Å². The molecular formula is C34H28N4. The Kier molecular flexibility index (Phi) is 5.56. The van der Waals surface area contributed by atoms with Crippen LogP contribution >= 0.6 is 0 Å². The third-order valence-electron chi connectivity index (χ3n) is 7.37. The molecule has 0 saturated carbocycles. The summed E-state index contributed by atoms with van der Waals surface area (Å²) in [6, 6.07) is 36.0. The summed E-state index contributed by atoms with van der Waals surface area (Å²) in [7, 11) is 0. The summed E-state index contributed by atoms with van der Waals surface area (Å²) < 4.78 is 0. The molecule has 4 aromatic heterocycles. The molecule has 4 heterocycles. The van der Waals surface area contributed by atoms with E-state index in [-0.39, 0.29) is 0 Å². The summed E-state index contributed by atoms with van der Waals surface area (Å²) in [5.74, 6) is 0. The molecule has 0 bridgehead atoms. The zero-order valence-corrected chi connectivity index (χ0v) is 21.0. The molecule has 0 saturated heterocycles. The van der Waals surface area contributed by atoms with Gasteiger partial charge in [-0.15, -0.1) is 0 Å². The number of para-hydroxylation sites is 4. The molecule has 4 nitrogen and oxygen atoms in total. The lowest BCUT2D eigenvalue weighted by molar-refractivity contribution is 1.13. The zero-order chi connectivity index (χ0) is 25.3. The van der Waals surface area contributed by atoms with Crippen LogP contribution in [0.25, 0.3) is 43.6 Å². The highest BCUT2D eigenvalue weighted by atomic mass is 14.7. The molecule has 0 aliphatic carbocycles. The molecule has 0 radical (unpaired) electrons. The molecule has 0 unspecified atom stereocenters. The first-order valence-electron chi connectivity index (χ1n) is 13.0. The van der Waals surface area contributed by atoms with Crippen LogP contribution in [0.2, 0.25) is 0 Å². The summed E-state index contributed by atoms with van der Waals surface area (Å²) in [5, 5.41) is 5.21. The lowest BCUT2D eigenvalue weighted by Crippen LogP contribution is -1.85. The van der Waals surface area contributed by atoms with Crippen molar-refractivity contribution < 1.29 is 0 Å². The lowest BCUT2D eigenvalue weighted by Gasteiger charge is -1.98. The molecule has 38 heavy (non-hydrogen) atoms. The lowest BCUT2D eigenvalue weighted by atomic mass is 10.0. The minimum Gasteiger partial charge on any atom is -0.361 e. The minimum absolute atomic E-state index is 0.929. The van der Waals surface area contributed by atoms with Crippen LogP contribution in [0.15, 0.2) is 122 Å². The van der Waals surface area contributed by atoms with Crippen molar-refractivity contribution in [2.24, 2.45) is 0 Å². The van der Waals surface area contributed by atoms with Crippen molar-refractivity contribution in [3.8, 4) is 0 Å². The molecular weight excluding hydrogens is 464 g/mol. The van der Waals surface area contributed by atoms with E-state index < -0.39 is 0 Å². The van der Waals surface area contributed by atoms with Gasteiger partial charge in [0.05, 0.1) is 0 Å². The molecule has 0 spiro atoms. The first-order valence-corrected chi connectivity index (χ1v) is 13.0. The molecule has 8 rings (SSSR count). The van der Waals surface area contributed by atoms with E-state index >= 15 is 0 Å². The van der Waals surface area contributed by atoms with Gasteiger partial charge in [0.15, 0.2) is 0 Å². The highest BCUT2D eigenvalue weighted by Crippen LogP contribution is 2.25. The van der Waals surface area contributed by atoms with Crippen molar-refractivity contribution in [3.05, 3.63) is 144 Å². The topological polar surface area (TPSA) is 63.2 Å². The van der Waals surface area contributed by atoms with Crippen molar-refractivity contribution >= 4 is 43.6 Å². The Morgan fingerprint density at radius 2 is 0.842 bits per heavy atom. The fourth-order valence-electron chi connectivity index (χ4n) is 5.47. The third-order valence-corrected chi connectivity index (χ3v) is 7.37. The normalized spacial score (nSPS) is 11.4. The largest absolute Gasteiger partial charge is 0.361 e. The number of H-pyrrole nitrogens is 4. The van der Waals surface area contributed by atoms with Gasteiger partial charge in [-0.25, -0.2) is 0 Å². The second kappa shape index (κ2) is 9.49. The molecule has 0 aliphatic rings. The Morgan fingerprint density at radius 3 is 1.34 bits per heavy atom. The third kappa shape index (κ3) is 4.16. The first kappa shape index (κ1) is 22.3. The van der Waals surface area contributed by atoms with Crippen molar-refractivity contribution in [2.45, 2.75) is 12.8 Å². The van der Waals surface area contributed by atoms with Gasteiger partial charge >= 0.3 is 0 Å². The number of fused-ring (bicyclic) bond motifs is 4. The summed E-state index contributed by atoms with van der Waals surface area (Å²) in [6.45, 7) is 0. The Bertz CT molecular complexity index is 1880. The molecule has 0 atom stereocenters. The second-order valence-electron chi connectivity index (χ2n) is 9.81. The number of rotatable bonds is 4. The molecule has 4 N–H and O–H groups in total. The average molecular weight is 493 g/mol. The predicted octanol–water partition coefficient (Wildman–Crippen LogP) is 8.48. The molecule has 8 aromatic rings. The number of hydrogen-bond donors (Lipinski definition) is 4. The maximum atomic E-state index is 3.48. The van der Waals surface area contributed by atoms with E-state index in [1.54, 1.807) is 0 Å². The van der Waals surface area contributed by atoms with Gasteiger partial charge in [0, 0.05) is 75.4 Å². The Hall–Kier alpha value is -4.96. The van der Waals surface area contributed by atoms with Crippen molar-refractivity contribution in [1.82, 2.24) is 19.9 Å². The fourth-order valence-corrected chi connectivity index (χ4v) is 5.47. The summed E-state index contributed by atoms with van der Waals surface area (Å²) in [4.78, 5) is 13.5. The quantitative estimate of drug-likeness (QED) is 0.190. The number of benzene rings is 4. The van der Waals surface area contributed by atoms with Crippen molar-refractivity contribution in [1.29, 1.82) is 0 Å². The molecule has 0 amide bonds. The maximum absolute atomic E-state index is 3.48. The number of aromatic amines is 4. The fraction of sp³-hybridized carbons (Fsp3) is 0.0588. The monoisotopic (exact) mass is 492 g/mol. The van der Waals surface area contributed by atoms with E-state index in [1.807, 2.05) is 0 Å². The maximum Gasteiger partial charge on any atom is 0.0456 e. The Labute approximate surface area is 220 Å². The molecule has 4 heteroatoms. The van der Waals surface area contributed by atoms with Crippen LogP contribution in [0.5, 0.6) is 0 Å². The van der Waals surface area contributed by atoms with Crippen molar-refractivity contribution in [2.75, 3.05) is 0 Å². The van der Waals surface area contributed by atoms with Gasteiger partial charge in [0.25, 0.3) is 0 Å². The summed E-state index contributed by atoms with van der Waals surface area (Å²) in [6.07, 6.45) is 8.22.